The highest BCUT2D eigenvalue weighted by Crippen LogP contribution is 2.17. The standard InChI is InChI=1S/C16H10ClNO2/c17-12-8-5-11(6-9-12)7-10-14-13-3-1-2-4-15(19)16(13)20-18-14/h1-10H/b10-7+. The summed E-state index contributed by atoms with van der Waals surface area (Å²) in [5, 5.41) is 5.32. The van der Waals surface area contributed by atoms with Gasteiger partial charge >= 0.3 is 0 Å². The zero-order valence-electron chi connectivity index (χ0n) is 10.4. The second-order valence-corrected chi connectivity index (χ2v) is 4.71. The third-order valence-electron chi connectivity index (χ3n) is 2.90. The lowest BCUT2D eigenvalue weighted by molar-refractivity contribution is 0.453. The van der Waals surface area contributed by atoms with Crippen molar-refractivity contribution >= 4 is 34.7 Å². The Labute approximate surface area is 120 Å². The van der Waals surface area contributed by atoms with Crippen molar-refractivity contribution in [2.45, 2.75) is 0 Å². The molecule has 0 amide bonds. The summed E-state index contributed by atoms with van der Waals surface area (Å²) >= 11 is 5.84. The van der Waals surface area contributed by atoms with Crippen LogP contribution in [0.2, 0.25) is 5.02 Å². The Morgan fingerprint density at radius 2 is 1.75 bits per heavy atom. The second kappa shape index (κ2) is 5.31. The topological polar surface area (TPSA) is 43.1 Å². The van der Waals surface area contributed by atoms with E-state index in [0.29, 0.717) is 16.1 Å². The van der Waals surface area contributed by atoms with Crippen LogP contribution in [-0.2, 0) is 0 Å². The Hall–Kier alpha value is -2.39. The quantitative estimate of drug-likeness (QED) is 0.713. The Morgan fingerprint density at radius 3 is 2.55 bits per heavy atom. The molecule has 0 spiro atoms. The predicted octanol–water partition coefficient (Wildman–Crippen LogP) is 4.01. The van der Waals surface area contributed by atoms with Gasteiger partial charge < -0.3 is 4.52 Å². The van der Waals surface area contributed by atoms with Crippen molar-refractivity contribution in [2.75, 3.05) is 0 Å². The van der Waals surface area contributed by atoms with E-state index in [0.717, 1.165) is 5.56 Å². The summed E-state index contributed by atoms with van der Waals surface area (Å²) in [4.78, 5) is 11.7. The molecule has 0 radical (unpaired) electrons. The zero-order chi connectivity index (χ0) is 13.9. The molecule has 1 aromatic heterocycles. The molecule has 0 saturated carbocycles. The molecule has 0 aliphatic heterocycles. The van der Waals surface area contributed by atoms with Gasteiger partial charge in [0.1, 0.15) is 5.69 Å². The summed E-state index contributed by atoms with van der Waals surface area (Å²) in [6, 6.07) is 14.2. The van der Waals surface area contributed by atoms with Crippen LogP contribution < -0.4 is 5.43 Å². The van der Waals surface area contributed by atoms with Crippen molar-refractivity contribution < 1.29 is 4.52 Å². The minimum Gasteiger partial charge on any atom is -0.351 e. The van der Waals surface area contributed by atoms with Gasteiger partial charge in [0.15, 0.2) is 0 Å². The SMILES string of the molecule is O=c1ccccc2c(/C=C/c3ccc(Cl)cc3)noc12. The van der Waals surface area contributed by atoms with Crippen LogP contribution in [0.25, 0.3) is 23.1 Å². The van der Waals surface area contributed by atoms with Crippen LogP contribution in [0.1, 0.15) is 11.3 Å². The fourth-order valence-electron chi connectivity index (χ4n) is 1.89. The van der Waals surface area contributed by atoms with Gasteiger partial charge in [0, 0.05) is 5.02 Å². The van der Waals surface area contributed by atoms with Crippen LogP contribution in [0, 0.1) is 0 Å². The third kappa shape index (κ3) is 2.49. The van der Waals surface area contributed by atoms with Crippen molar-refractivity contribution in [3.05, 3.63) is 75.0 Å². The molecule has 98 valence electrons. The lowest BCUT2D eigenvalue weighted by atomic mass is 10.2. The van der Waals surface area contributed by atoms with Gasteiger partial charge in [0.05, 0.1) is 5.39 Å². The first-order valence-corrected chi connectivity index (χ1v) is 6.44. The Bertz CT molecular complexity index is 835. The molecule has 3 aromatic rings. The largest absolute Gasteiger partial charge is 0.351 e. The van der Waals surface area contributed by atoms with Gasteiger partial charge in [0.2, 0.25) is 11.0 Å². The van der Waals surface area contributed by atoms with Gasteiger partial charge in [0.25, 0.3) is 0 Å². The van der Waals surface area contributed by atoms with E-state index in [9.17, 15) is 4.79 Å². The van der Waals surface area contributed by atoms with Crippen LogP contribution in [0.4, 0.5) is 0 Å². The first kappa shape index (κ1) is 12.6. The van der Waals surface area contributed by atoms with Crippen molar-refractivity contribution in [2.24, 2.45) is 0 Å². The monoisotopic (exact) mass is 283 g/mol. The minimum absolute atomic E-state index is 0.177. The molecule has 3 nitrogen and oxygen atoms in total. The Morgan fingerprint density at radius 1 is 1.00 bits per heavy atom. The molecule has 0 unspecified atom stereocenters. The average molecular weight is 284 g/mol. The maximum Gasteiger partial charge on any atom is 0.224 e. The number of fused-ring (bicyclic) bond motifs is 1. The molecular formula is C16H10ClNO2. The normalized spacial score (nSPS) is 11.2. The van der Waals surface area contributed by atoms with E-state index in [-0.39, 0.29) is 11.0 Å². The van der Waals surface area contributed by atoms with E-state index >= 15 is 0 Å². The van der Waals surface area contributed by atoms with Crippen molar-refractivity contribution in [3.8, 4) is 0 Å². The van der Waals surface area contributed by atoms with Gasteiger partial charge in [-0.25, -0.2) is 0 Å². The second-order valence-electron chi connectivity index (χ2n) is 4.28. The molecule has 0 fully saturated rings. The highest BCUT2D eigenvalue weighted by molar-refractivity contribution is 6.30. The molecule has 0 N–H and O–H groups in total. The van der Waals surface area contributed by atoms with Gasteiger partial charge in [-0.05, 0) is 35.9 Å². The summed E-state index contributed by atoms with van der Waals surface area (Å²) in [6.07, 6.45) is 3.71. The van der Waals surface area contributed by atoms with Gasteiger partial charge in [-0.2, -0.15) is 0 Å². The molecule has 1 heterocycles. The molecule has 0 aliphatic carbocycles. The molecule has 0 saturated heterocycles. The summed E-state index contributed by atoms with van der Waals surface area (Å²) in [5.74, 6) is 0. The zero-order valence-corrected chi connectivity index (χ0v) is 11.2. The first-order chi connectivity index (χ1) is 9.74. The molecule has 3 rings (SSSR count). The van der Waals surface area contributed by atoms with E-state index < -0.39 is 0 Å². The molecule has 0 bridgehead atoms. The van der Waals surface area contributed by atoms with E-state index in [2.05, 4.69) is 5.16 Å². The number of benzene rings is 1. The van der Waals surface area contributed by atoms with E-state index in [1.807, 2.05) is 42.5 Å². The lowest BCUT2D eigenvalue weighted by Gasteiger charge is -1.92. The van der Waals surface area contributed by atoms with E-state index in [4.69, 9.17) is 16.1 Å². The molecule has 0 atom stereocenters. The average Bonchev–Trinajstić information content (AvgIpc) is 2.77. The predicted molar refractivity (Wildman–Crippen MR) is 80.7 cm³/mol. The van der Waals surface area contributed by atoms with Crippen LogP contribution in [-0.4, -0.2) is 5.16 Å². The highest BCUT2D eigenvalue weighted by atomic mass is 35.5. The van der Waals surface area contributed by atoms with Crippen molar-refractivity contribution in [3.63, 3.8) is 0 Å². The number of nitrogens with zero attached hydrogens (tertiary/aromatic N) is 1. The van der Waals surface area contributed by atoms with Crippen LogP contribution >= 0.6 is 11.6 Å². The number of halogens is 1. The molecular weight excluding hydrogens is 274 g/mol. The van der Waals surface area contributed by atoms with E-state index in [1.54, 1.807) is 12.1 Å². The van der Waals surface area contributed by atoms with Crippen LogP contribution in [0.5, 0.6) is 0 Å². The summed E-state index contributed by atoms with van der Waals surface area (Å²) < 4.78 is 5.11. The number of rotatable bonds is 2. The van der Waals surface area contributed by atoms with E-state index in [1.165, 1.54) is 6.07 Å². The van der Waals surface area contributed by atoms with Gasteiger partial charge in [-0.1, -0.05) is 47.1 Å². The maximum absolute atomic E-state index is 11.7. The highest BCUT2D eigenvalue weighted by Gasteiger charge is 2.06. The fourth-order valence-corrected chi connectivity index (χ4v) is 2.01. The van der Waals surface area contributed by atoms with Gasteiger partial charge in [-0.3, -0.25) is 4.79 Å². The molecule has 4 heteroatoms. The first-order valence-electron chi connectivity index (χ1n) is 6.06. The Kier molecular flexibility index (Phi) is 3.35. The van der Waals surface area contributed by atoms with Gasteiger partial charge in [-0.15, -0.1) is 0 Å². The third-order valence-corrected chi connectivity index (χ3v) is 3.16. The lowest BCUT2D eigenvalue weighted by Crippen LogP contribution is -1.91. The molecule has 0 aliphatic rings. The number of aromatic nitrogens is 1. The van der Waals surface area contributed by atoms with Crippen molar-refractivity contribution in [1.29, 1.82) is 0 Å². The Balaban J connectivity index is 2.04. The number of hydrogen-bond acceptors (Lipinski definition) is 3. The smallest absolute Gasteiger partial charge is 0.224 e. The summed E-state index contributed by atoms with van der Waals surface area (Å²) in [6.45, 7) is 0. The van der Waals surface area contributed by atoms with Crippen LogP contribution in [0.3, 0.4) is 0 Å². The van der Waals surface area contributed by atoms with Crippen LogP contribution in [0.15, 0.2) is 57.8 Å². The maximum atomic E-state index is 11.7. The van der Waals surface area contributed by atoms with Crippen molar-refractivity contribution in [1.82, 2.24) is 5.16 Å². The fraction of sp³-hybridized carbons (Fsp3) is 0. The molecule has 2 aromatic carbocycles. The number of hydrogen-bond donors (Lipinski definition) is 0. The summed E-state index contributed by atoms with van der Waals surface area (Å²) in [7, 11) is 0. The molecule has 20 heavy (non-hydrogen) atoms. The summed E-state index contributed by atoms with van der Waals surface area (Å²) in [5.41, 5.74) is 1.71. The minimum atomic E-state index is -0.177.